The summed E-state index contributed by atoms with van der Waals surface area (Å²) in [5.74, 6) is 0.531. The Morgan fingerprint density at radius 1 is 1.36 bits per heavy atom. The van der Waals surface area contributed by atoms with Gasteiger partial charge in [-0.25, -0.2) is 0 Å². The molecule has 0 fully saturated rings. The number of anilines is 1. The number of thioether (sulfide) groups is 1. The lowest BCUT2D eigenvalue weighted by Gasteiger charge is -2.43. The van der Waals surface area contributed by atoms with Crippen molar-refractivity contribution in [2.45, 2.75) is 43.7 Å². The lowest BCUT2D eigenvalue weighted by Crippen LogP contribution is -2.42. The van der Waals surface area contributed by atoms with E-state index in [4.69, 9.17) is 5.73 Å². The van der Waals surface area contributed by atoms with Crippen LogP contribution in [-0.4, -0.2) is 16.5 Å². The third kappa shape index (κ3) is 4.05. The molecule has 2 N–H and O–H groups in total. The molecular weight excluding hydrogens is 456 g/mol. The zero-order chi connectivity index (χ0) is 23.9. The van der Waals surface area contributed by atoms with Crippen LogP contribution in [-0.2, 0) is 4.79 Å². The Kier molecular flexibility index (Phi) is 6.08. The second-order valence-corrected chi connectivity index (χ2v) is 11.3. The van der Waals surface area contributed by atoms with Crippen LogP contribution in [0.4, 0.5) is 11.4 Å². The van der Waals surface area contributed by atoms with Gasteiger partial charge in [-0.3, -0.25) is 19.8 Å². The highest BCUT2D eigenvalue weighted by Crippen LogP contribution is 2.52. The summed E-state index contributed by atoms with van der Waals surface area (Å²) in [4.78, 5) is 26.2. The van der Waals surface area contributed by atoms with Crippen LogP contribution in [0, 0.1) is 26.9 Å². The Morgan fingerprint density at radius 2 is 2.12 bits per heavy atom. The molecule has 1 aliphatic heterocycles. The van der Waals surface area contributed by atoms with Gasteiger partial charge in [-0.2, -0.15) is 5.26 Å². The summed E-state index contributed by atoms with van der Waals surface area (Å²) in [7, 11) is 0. The number of carbonyl (C=O) groups is 1. The standard InChI is InChI=1S/C24H24N4O3S2/c1-4-32-23-16(8-9-33-23)20-17(13-25)22(26)27(14-6-5-7-15(10-14)28(30)31)18-11-24(2,3)12-19(29)21(18)20/h5-10,20H,4,11-12,26H2,1-3H3. The van der Waals surface area contributed by atoms with Crippen molar-refractivity contribution in [3.05, 3.63) is 74.1 Å². The fourth-order valence-corrected chi connectivity index (χ4v) is 6.70. The molecule has 2 aliphatic rings. The summed E-state index contributed by atoms with van der Waals surface area (Å²) in [6.45, 7) is 6.11. The zero-order valence-electron chi connectivity index (χ0n) is 18.6. The Bertz CT molecular complexity index is 1250. The van der Waals surface area contributed by atoms with E-state index >= 15 is 0 Å². The van der Waals surface area contributed by atoms with Gasteiger partial charge in [-0.15, -0.1) is 23.1 Å². The van der Waals surface area contributed by atoms with Gasteiger partial charge in [0.15, 0.2) is 5.78 Å². The molecule has 0 radical (unpaired) electrons. The van der Waals surface area contributed by atoms with E-state index in [0.29, 0.717) is 29.7 Å². The number of allylic oxidation sites excluding steroid dienone is 3. The Labute approximate surface area is 200 Å². The summed E-state index contributed by atoms with van der Waals surface area (Å²) >= 11 is 3.27. The average molecular weight is 481 g/mol. The van der Waals surface area contributed by atoms with Gasteiger partial charge in [0, 0.05) is 29.8 Å². The van der Waals surface area contributed by atoms with E-state index in [2.05, 4.69) is 13.0 Å². The maximum atomic E-state index is 13.6. The monoisotopic (exact) mass is 480 g/mol. The first-order chi connectivity index (χ1) is 15.7. The summed E-state index contributed by atoms with van der Waals surface area (Å²) in [6, 6.07) is 10.4. The van der Waals surface area contributed by atoms with Gasteiger partial charge >= 0.3 is 0 Å². The highest BCUT2D eigenvalue weighted by molar-refractivity contribution is 8.01. The van der Waals surface area contributed by atoms with Crippen molar-refractivity contribution in [3.63, 3.8) is 0 Å². The molecule has 1 aliphatic carbocycles. The number of rotatable bonds is 5. The number of benzene rings is 1. The normalized spacial score (nSPS) is 20.0. The second-order valence-electron chi connectivity index (χ2n) is 8.85. The first-order valence-electron chi connectivity index (χ1n) is 10.6. The predicted molar refractivity (Wildman–Crippen MR) is 131 cm³/mol. The van der Waals surface area contributed by atoms with E-state index < -0.39 is 10.8 Å². The maximum Gasteiger partial charge on any atom is 0.271 e. The number of Topliss-reactive ketones (excluding diaryl/α,β-unsaturated/α-hetero) is 1. The minimum atomic E-state index is -0.538. The highest BCUT2D eigenvalue weighted by atomic mass is 32.2. The van der Waals surface area contributed by atoms with Crippen molar-refractivity contribution < 1.29 is 9.72 Å². The number of carbonyl (C=O) groups excluding carboxylic acids is 1. The number of nitrogens with zero attached hydrogens (tertiary/aromatic N) is 3. The van der Waals surface area contributed by atoms with E-state index in [0.717, 1.165) is 21.2 Å². The van der Waals surface area contributed by atoms with E-state index in [9.17, 15) is 20.2 Å². The Balaban J connectivity index is 1.99. The van der Waals surface area contributed by atoms with Crippen LogP contribution in [0.15, 0.2) is 62.6 Å². The summed E-state index contributed by atoms with van der Waals surface area (Å²) in [5, 5.41) is 23.6. The van der Waals surface area contributed by atoms with Crippen molar-refractivity contribution in [3.8, 4) is 6.07 Å². The fourth-order valence-electron chi connectivity index (χ4n) is 4.63. The third-order valence-electron chi connectivity index (χ3n) is 5.92. The molecule has 2 heterocycles. The largest absolute Gasteiger partial charge is 0.384 e. The molecule has 33 heavy (non-hydrogen) atoms. The number of nitro benzene ring substituents is 1. The molecule has 7 nitrogen and oxygen atoms in total. The Morgan fingerprint density at radius 3 is 2.79 bits per heavy atom. The number of non-ortho nitro benzene ring substituents is 1. The van der Waals surface area contributed by atoms with Crippen molar-refractivity contribution in [2.75, 3.05) is 10.7 Å². The molecule has 1 atom stereocenters. The molecule has 170 valence electrons. The molecular formula is C24H24N4O3S2. The van der Waals surface area contributed by atoms with Crippen LogP contribution >= 0.6 is 23.1 Å². The maximum absolute atomic E-state index is 13.6. The smallest absolute Gasteiger partial charge is 0.271 e. The second kappa shape index (κ2) is 8.69. The van der Waals surface area contributed by atoms with E-state index in [-0.39, 0.29) is 22.7 Å². The summed E-state index contributed by atoms with van der Waals surface area (Å²) in [5.41, 5.74) is 9.21. The van der Waals surface area contributed by atoms with Crippen LogP contribution in [0.5, 0.6) is 0 Å². The Hall–Kier alpha value is -3.09. The molecule has 1 unspecified atom stereocenters. The molecule has 1 aromatic carbocycles. The average Bonchev–Trinajstić information content (AvgIpc) is 3.20. The minimum Gasteiger partial charge on any atom is -0.384 e. The molecule has 1 aromatic heterocycles. The van der Waals surface area contributed by atoms with E-state index in [1.807, 2.05) is 25.3 Å². The lowest BCUT2D eigenvalue weighted by atomic mass is 9.69. The van der Waals surface area contributed by atoms with Gasteiger partial charge < -0.3 is 5.73 Å². The van der Waals surface area contributed by atoms with Crippen molar-refractivity contribution in [1.29, 1.82) is 5.26 Å². The number of nitro groups is 1. The molecule has 2 aromatic rings. The zero-order valence-corrected chi connectivity index (χ0v) is 20.3. The van der Waals surface area contributed by atoms with Crippen LogP contribution in [0.1, 0.15) is 45.1 Å². The quantitative estimate of drug-likeness (QED) is 0.331. The highest BCUT2D eigenvalue weighted by Gasteiger charge is 2.45. The SMILES string of the molecule is CCSc1sccc1C1C(C#N)=C(N)N(c2cccc([N+](=O)[O-])c2)C2=C1C(=O)CC(C)(C)C2. The van der Waals surface area contributed by atoms with E-state index in [1.54, 1.807) is 40.1 Å². The van der Waals surface area contributed by atoms with Crippen LogP contribution < -0.4 is 10.6 Å². The van der Waals surface area contributed by atoms with Crippen LogP contribution in [0.25, 0.3) is 0 Å². The van der Waals surface area contributed by atoms with Crippen molar-refractivity contribution in [1.82, 2.24) is 0 Å². The van der Waals surface area contributed by atoms with E-state index in [1.165, 1.54) is 12.1 Å². The fraction of sp³-hybridized carbons (Fsp3) is 0.333. The first-order valence-corrected chi connectivity index (χ1v) is 12.5. The number of hydrogen-bond acceptors (Lipinski definition) is 8. The minimum absolute atomic E-state index is 0.0134. The number of nitriles is 1. The molecule has 4 rings (SSSR count). The van der Waals surface area contributed by atoms with Gasteiger partial charge in [-0.05, 0) is 40.7 Å². The van der Waals surface area contributed by atoms with Crippen molar-refractivity contribution >= 4 is 40.3 Å². The molecule has 0 saturated heterocycles. The van der Waals surface area contributed by atoms with Gasteiger partial charge in [0.2, 0.25) is 0 Å². The van der Waals surface area contributed by atoms with Gasteiger partial charge in [-0.1, -0.05) is 26.8 Å². The number of hydrogen-bond donors (Lipinski definition) is 1. The first kappa shape index (κ1) is 23.1. The molecule has 0 saturated carbocycles. The molecule has 0 bridgehead atoms. The summed E-state index contributed by atoms with van der Waals surface area (Å²) in [6.07, 6.45) is 0.928. The summed E-state index contributed by atoms with van der Waals surface area (Å²) < 4.78 is 1.07. The number of nitrogens with two attached hydrogens (primary N) is 1. The predicted octanol–water partition coefficient (Wildman–Crippen LogP) is 5.71. The van der Waals surface area contributed by atoms with Crippen LogP contribution in [0.2, 0.25) is 0 Å². The topological polar surface area (TPSA) is 113 Å². The van der Waals surface area contributed by atoms with Crippen molar-refractivity contribution in [2.24, 2.45) is 11.1 Å². The van der Waals surface area contributed by atoms with Gasteiger partial charge in [0.05, 0.1) is 32.4 Å². The molecule has 0 spiro atoms. The van der Waals surface area contributed by atoms with Gasteiger partial charge in [0.25, 0.3) is 5.69 Å². The molecule has 0 amide bonds. The molecule has 9 heteroatoms. The lowest BCUT2D eigenvalue weighted by molar-refractivity contribution is -0.384. The van der Waals surface area contributed by atoms with Gasteiger partial charge in [0.1, 0.15) is 5.82 Å². The third-order valence-corrected chi connectivity index (χ3v) is 8.08. The number of thiophene rings is 1. The van der Waals surface area contributed by atoms with Crippen LogP contribution in [0.3, 0.4) is 0 Å². The number of ketones is 1.